The van der Waals surface area contributed by atoms with Crippen LogP contribution in [0.4, 0.5) is 5.69 Å². The Kier molecular flexibility index (Phi) is 7.54. The number of hydrogen-bond acceptors (Lipinski definition) is 4. The predicted octanol–water partition coefficient (Wildman–Crippen LogP) is 4.10. The van der Waals surface area contributed by atoms with Gasteiger partial charge in [-0.2, -0.15) is 0 Å². The quantitative estimate of drug-likeness (QED) is 0.779. The molecule has 0 bridgehead atoms. The monoisotopic (exact) mass is 390 g/mol. The van der Waals surface area contributed by atoms with Crippen LogP contribution in [0.5, 0.6) is 5.75 Å². The standard InChI is InChI=1S/C22H30N2O2.ClH/c1-15(2)23-19-12-10-17-18(22(19)25)11-13-20(21(17)24(3)4)26-14-16-8-6-5-7-9-16;/h5-9,11,13,15,19,22-23,25H,10,12,14H2,1-4H3;1H/t19-,22-;/m0./s1. The molecule has 0 fully saturated rings. The zero-order valence-electron chi connectivity index (χ0n) is 16.6. The number of aliphatic hydroxyl groups is 1. The van der Waals surface area contributed by atoms with Crippen molar-refractivity contribution in [2.75, 3.05) is 19.0 Å². The molecule has 148 valence electrons. The van der Waals surface area contributed by atoms with Crippen LogP contribution in [0.15, 0.2) is 42.5 Å². The van der Waals surface area contributed by atoms with Crippen LogP contribution in [0.3, 0.4) is 0 Å². The lowest BCUT2D eigenvalue weighted by Gasteiger charge is -2.35. The molecule has 0 amide bonds. The number of hydrogen-bond donors (Lipinski definition) is 2. The van der Waals surface area contributed by atoms with Crippen molar-refractivity contribution in [2.24, 2.45) is 0 Å². The summed E-state index contributed by atoms with van der Waals surface area (Å²) in [5.41, 5.74) is 4.46. The maximum Gasteiger partial charge on any atom is 0.143 e. The van der Waals surface area contributed by atoms with E-state index in [9.17, 15) is 5.11 Å². The van der Waals surface area contributed by atoms with Crippen LogP contribution < -0.4 is 15.0 Å². The van der Waals surface area contributed by atoms with Crippen molar-refractivity contribution >= 4 is 18.1 Å². The highest BCUT2D eigenvalue weighted by atomic mass is 35.5. The minimum Gasteiger partial charge on any atom is -0.487 e. The molecule has 0 heterocycles. The molecule has 2 aromatic carbocycles. The maximum atomic E-state index is 10.9. The van der Waals surface area contributed by atoms with Gasteiger partial charge in [-0.05, 0) is 35.6 Å². The second kappa shape index (κ2) is 9.45. The SMILES string of the molecule is CC(C)N[C@H]1CCc2c(ccc(OCc3ccccc3)c2N(C)C)[C@@H]1O.Cl. The molecule has 0 radical (unpaired) electrons. The second-order valence-electron chi connectivity index (χ2n) is 7.56. The molecule has 0 spiro atoms. The number of anilines is 1. The molecule has 0 saturated carbocycles. The number of nitrogens with zero attached hydrogens (tertiary/aromatic N) is 1. The van der Waals surface area contributed by atoms with E-state index < -0.39 is 6.10 Å². The first-order chi connectivity index (χ1) is 12.5. The van der Waals surface area contributed by atoms with Crippen LogP contribution >= 0.6 is 12.4 Å². The Morgan fingerprint density at radius 2 is 1.85 bits per heavy atom. The van der Waals surface area contributed by atoms with Gasteiger partial charge in [0.05, 0.1) is 11.8 Å². The number of aliphatic hydroxyl groups excluding tert-OH is 1. The van der Waals surface area contributed by atoms with Gasteiger partial charge in [0, 0.05) is 26.2 Å². The largest absolute Gasteiger partial charge is 0.487 e. The fraction of sp³-hybridized carbons (Fsp3) is 0.455. The molecular formula is C22H31ClN2O2. The lowest BCUT2D eigenvalue weighted by molar-refractivity contribution is 0.110. The molecule has 2 N–H and O–H groups in total. The van der Waals surface area contributed by atoms with Crippen molar-refractivity contribution in [3.05, 3.63) is 59.2 Å². The van der Waals surface area contributed by atoms with Crippen LogP contribution in [-0.4, -0.2) is 31.3 Å². The summed E-state index contributed by atoms with van der Waals surface area (Å²) < 4.78 is 6.14. The number of benzene rings is 2. The molecule has 4 nitrogen and oxygen atoms in total. The predicted molar refractivity (Wildman–Crippen MR) is 114 cm³/mol. The van der Waals surface area contributed by atoms with E-state index in [-0.39, 0.29) is 18.4 Å². The molecule has 0 aliphatic heterocycles. The summed E-state index contributed by atoms with van der Waals surface area (Å²) in [5.74, 6) is 0.875. The Bertz CT molecular complexity index is 735. The van der Waals surface area contributed by atoms with Gasteiger partial charge in [0.1, 0.15) is 12.4 Å². The van der Waals surface area contributed by atoms with Crippen LogP contribution in [-0.2, 0) is 13.0 Å². The molecular weight excluding hydrogens is 360 g/mol. The highest BCUT2D eigenvalue weighted by Gasteiger charge is 2.31. The Morgan fingerprint density at radius 3 is 2.48 bits per heavy atom. The number of halogens is 1. The molecule has 5 heteroatoms. The van der Waals surface area contributed by atoms with E-state index in [1.165, 1.54) is 5.56 Å². The number of fused-ring (bicyclic) bond motifs is 1. The first-order valence-electron chi connectivity index (χ1n) is 9.41. The maximum absolute atomic E-state index is 10.9. The molecule has 1 aliphatic carbocycles. The van der Waals surface area contributed by atoms with E-state index >= 15 is 0 Å². The third kappa shape index (κ3) is 4.95. The van der Waals surface area contributed by atoms with Gasteiger partial charge in [-0.3, -0.25) is 0 Å². The number of ether oxygens (including phenoxy) is 1. The molecule has 27 heavy (non-hydrogen) atoms. The van der Waals surface area contributed by atoms with E-state index in [0.29, 0.717) is 12.6 Å². The average Bonchev–Trinajstić information content (AvgIpc) is 2.62. The van der Waals surface area contributed by atoms with Gasteiger partial charge in [0.25, 0.3) is 0 Å². The van der Waals surface area contributed by atoms with Crippen molar-refractivity contribution < 1.29 is 9.84 Å². The van der Waals surface area contributed by atoms with Crippen LogP contribution in [0.25, 0.3) is 0 Å². The smallest absolute Gasteiger partial charge is 0.143 e. The lowest BCUT2D eigenvalue weighted by Crippen LogP contribution is -2.42. The van der Waals surface area contributed by atoms with E-state index in [1.54, 1.807) is 0 Å². The Labute approximate surface area is 169 Å². The van der Waals surface area contributed by atoms with Gasteiger partial charge in [0.2, 0.25) is 0 Å². The normalized spacial score (nSPS) is 18.6. The van der Waals surface area contributed by atoms with E-state index in [4.69, 9.17) is 4.74 Å². The number of nitrogens with one attached hydrogen (secondary N) is 1. The van der Waals surface area contributed by atoms with Crippen molar-refractivity contribution in [3.8, 4) is 5.75 Å². The zero-order chi connectivity index (χ0) is 18.7. The van der Waals surface area contributed by atoms with E-state index in [2.05, 4.69) is 36.2 Å². The lowest BCUT2D eigenvalue weighted by atomic mass is 9.84. The van der Waals surface area contributed by atoms with Crippen LogP contribution in [0, 0.1) is 0 Å². The fourth-order valence-corrected chi connectivity index (χ4v) is 3.79. The minimum absolute atomic E-state index is 0. The second-order valence-corrected chi connectivity index (χ2v) is 7.56. The van der Waals surface area contributed by atoms with Crippen molar-refractivity contribution in [1.29, 1.82) is 0 Å². The van der Waals surface area contributed by atoms with Gasteiger partial charge in [-0.1, -0.05) is 50.2 Å². The first-order valence-corrected chi connectivity index (χ1v) is 9.41. The minimum atomic E-state index is -0.483. The zero-order valence-corrected chi connectivity index (χ0v) is 17.4. The number of rotatable bonds is 6. The summed E-state index contributed by atoms with van der Waals surface area (Å²) in [6.07, 6.45) is 1.38. The summed E-state index contributed by atoms with van der Waals surface area (Å²) in [6, 6.07) is 14.7. The topological polar surface area (TPSA) is 44.7 Å². The molecule has 0 unspecified atom stereocenters. The fourth-order valence-electron chi connectivity index (χ4n) is 3.79. The van der Waals surface area contributed by atoms with Crippen LogP contribution in [0.2, 0.25) is 0 Å². The van der Waals surface area contributed by atoms with Gasteiger partial charge < -0.3 is 20.1 Å². The van der Waals surface area contributed by atoms with Crippen LogP contribution in [0.1, 0.15) is 43.1 Å². The van der Waals surface area contributed by atoms with Crippen molar-refractivity contribution in [2.45, 2.75) is 51.5 Å². The molecule has 0 saturated heterocycles. The Morgan fingerprint density at radius 1 is 1.15 bits per heavy atom. The van der Waals surface area contributed by atoms with Crippen molar-refractivity contribution in [1.82, 2.24) is 5.32 Å². The molecule has 1 aliphatic rings. The summed E-state index contributed by atoms with van der Waals surface area (Å²) in [7, 11) is 4.08. The summed E-state index contributed by atoms with van der Waals surface area (Å²) in [6.45, 7) is 4.78. The van der Waals surface area contributed by atoms with E-state index in [1.807, 2.05) is 44.4 Å². The van der Waals surface area contributed by atoms with Gasteiger partial charge in [0.15, 0.2) is 0 Å². The van der Waals surface area contributed by atoms with E-state index in [0.717, 1.165) is 35.4 Å². The molecule has 3 rings (SSSR count). The van der Waals surface area contributed by atoms with Crippen molar-refractivity contribution in [3.63, 3.8) is 0 Å². The Hall–Kier alpha value is -1.75. The summed E-state index contributed by atoms with van der Waals surface area (Å²) in [5, 5.41) is 14.3. The van der Waals surface area contributed by atoms with Gasteiger partial charge in [-0.25, -0.2) is 0 Å². The molecule has 2 aromatic rings. The Balaban J connectivity index is 0.00000261. The van der Waals surface area contributed by atoms with Gasteiger partial charge >= 0.3 is 0 Å². The highest BCUT2D eigenvalue weighted by Crippen LogP contribution is 2.41. The summed E-state index contributed by atoms with van der Waals surface area (Å²) >= 11 is 0. The molecule has 0 aromatic heterocycles. The third-order valence-corrected chi connectivity index (χ3v) is 4.92. The third-order valence-electron chi connectivity index (χ3n) is 4.92. The summed E-state index contributed by atoms with van der Waals surface area (Å²) in [4.78, 5) is 2.10. The average molecular weight is 391 g/mol. The highest BCUT2D eigenvalue weighted by molar-refractivity contribution is 5.85. The first kappa shape index (κ1) is 21.5. The molecule has 2 atom stereocenters. The van der Waals surface area contributed by atoms with Gasteiger partial charge in [-0.15, -0.1) is 12.4 Å².